The van der Waals surface area contributed by atoms with Crippen LogP contribution in [0.3, 0.4) is 0 Å². The lowest BCUT2D eigenvalue weighted by Crippen LogP contribution is -2.41. The Kier molecular flexibility index (Phi) is 8.30. The van der Waals surface area contributed by atoms with Gasteiger partial charge >= 0.3 is 6.09 Å². The van der Waals surface area contributed by atoms with Crippen LogP contribution in [0.15, 0.2) is 24.7 Å². The van der Waals surface area contributed by atoms with Crippen molar-refractivity contribution in [2.24, 2.45) is 0 Å². The lowest BCUT2D eigenvalue weighted by molar-refractivity contribution is 0.0221. The number of nitrogens with zero attached hydrogens (tertiary/aromatic N) is 6. The zero-order valence-corrected chi connectivity index (χ0v) is 25.0. The third kappa shape index (κ3) is 6.01. The zero-order chi connectivity index (χ0) is 30.0. The minimum atomic E-state index is -0.596. The van der Waals surface area contributed by atoms with Gasteiger partial charge in [0.15, 0.2) is 17.3 Å². The van der Waals surface area contributed by atoms with Gasteiger partial charge in [-0.25, -0.2) is 14.8 Å². The van der Waals surface area contributed by atoms with Gasteiger partial charge in [-0.1, -0.05) is 0 Å². The molecule has 2 aromatic heterocycles. The number of ether oxygens (including phenoxy) is 4. The monoisotopic (exact) mass is 581 g/mol. The van der Waals surface area contributed by atoms with E-state index < -0.39 is 5.60 Å². The molecule has 1 atom stereocenters. The Morgan fingerprint density at radius 1 is 1.10 bits per heavy atom. The van der Waals surface area contributed by atoms with Crippen LogP contribution in [0.2, 0.25) is 0 Å². The van der Waals surface area contributed by atoms with Crippen molar-refractivity contribution in [2.75, 3.05) is 51.2 Å². The first-order chi connectivity index (χ1) is 20.1. The van der Waals surface area contributed by atoms with E-state index in [0.717, 1.165) is 42.1 Å². The number of fused-ring (bicyclic) bond motifs is 1. The molecule has 13 heteroatoms. The molecule has 0 radical (unpaired) electrons. The van der Waals surface area contributed by atoms with Crippen LogP contribution < -0.4 is 24.4 Å². The predicted molar refractivity (Wildman–Crippen MR) is 156 cm³/mol. The lowest BCUT2D eigenvalue weighted by Gasteiger charge is -2.34. The highest BCUT2D eigenvalue weighted by Gasteiger charge is 2.33. The van der Waals surface area contributed by atoms with E-state index in [0.29, 0.717) is 48.5 Å². The van der Waals surface area contributed by atoms with E-state index >= 15 is 0 Å². The highest BCUT2D eigenvalue weighted by molar-refractivity contribution is 5.69. The Hall–Kier alpha value is -4.26. The molecule has 0 spiro atoms. The maximum Gasteiger partial charge on any atom is 0.410 e. The molecule has 3 aromatic rings. The largest absolute Gasteiger partial charge is 0.493 e. The fourth-order valence-electron chi connectivity index (χ4n) is 5.35. The average molecular weight is 582 g/mol. The van der Waals surface area contributed by atoms with E-state index in [-0.39, 0.29) is 18.7 Å². The molecule has 1 fully saturated rings. The Morgan fingerprint density at radius 2 is 1.83 bits per heavy atom. The van der Waals surface area contributed by atoms with Crippen LogP contribution in [-0.2, 0) is 17.7 Å². The van der Waals surface area contributed by atoms with Crippen molar-refractivity contribution in [3.8, 4) is 22.9 Å². The van der Waals surface area contributed by atoms with Gasteiger partial charge in [-0.15, -0.1) is 0 Å². The van der Waals surface area contributed by atoms with Gasteiger partial charge in [-0.3, -0.25) is 0 Å². The number of amides is 1. The fraction of sp³-hybridized carbons (Fsp3) is 0.517. The van der Waals surface area contributed by atoms with E-state index in [9.17, 15) is 9.90 Å². The van der Waals surface area contributed by atoms with E-state index in [1.807, 2.05) is 43.7 Å². The van der Waals surface area contributed by atoms with Gasteiger partial charge in [0.05, 0.1) is 58.1 Å². The number of hydrogen-bond acceptors (Lipinski definition) is 11. The summed E-state index contributed by atoms with van der Waals surface area (Å²) in [6.45, 7) is 7.19. The number of aromatic nitrogens is 4. The van der Waals surface area contributed by atoms with Crippen molar-refractivity contribution in [1.29, 1.82) is 0 Å². The van der Waals surface area contributed by atoms with Crippen LogP contribution in [0.5, 0.6) is 17.2 Å². The topological polar surface area (TPSA) is 136 Å². The summed E-state index contributed by atoms with van der Waals surface area (Å²) in [5, 5.41) is 13.3. The summed E-state index contributed by atoms with van der Waals surface area (Å²) in [6.07, 6.45) is 5.55. The summed E-state index contributed by atoms with van der Waals surface area (Å²) in [5.41, 5.74) is 1.89. The zero-order valence-electron chi connectivity index (χ0n) is 25.0. The quantitative estimate of drug-likeness (QED) is 0.403. The third-order valence-corrected chi connectivity index (χ3v) is 7.33. The number of anilines is 3. The summed E-state index contributed by atoms with van der Waals surface area (Å²) in [6, 6.07) is 3.64. The number of nitrogens with one attached hydrogen (secondary N) is 1. The highest BCUT2D eigenvalue weighted by atomic mass is 16.6. The average Bonchev–Trinajstić information content (AvgIpc) is 3.64. The van der Waals surface area contributed by atoms with Crippen LogP contribution in [0.4, 0.5) is 22.4 Å². The number of methoxy groups -OCH3 is 3. The second-order valence-electron chi connectivity index (χ2n) is 11.3. The molecule has 0 saturated carbocycles. The van der Waals surface area contributed by atoms with E-state index in [1.165, 1.54) is 0 Å². The van der Waals surface area contributed by atoms with Gasteiger partial charge in [0.2, 0.25) is 11.7 Å². The number of benzene rings is 1. The van der Waals surface area contributed by atoms with Crippen LogP contribution >= 0.6 is 0 Å². The van der Waals surface area contributed by atoms with Gasteiger partial charge in [0.25, 0.3) is 0 Å². The van der Waals surface area contributed by atoms with Crippen molar-refractivity contribution in [1.82, 2.24) is 24.4 Å². The number of rotatable bonds is 8. The van der Waals surface area contributed by atoms with Gasteiger partial charge in [-0.2, -0.15) is 4.98 Å². The molecule has 13 nitrogen and oxygen atoms in total. The first-order valence-electron chi connectivity index (χ1n) is 14.0. The number of aliphatic hydroxyl groups excluding tert-OH is 1. The van der Waals surface area contributed by atoms with E-state index in [1.54, 1.807) is 32.6 Å². The molecule has 42 heavy (non-hydrogen) atoms. The molecule has 1 saturated heterocycles. The molecule has 2 aliphatic heterocycles. The molecule has 0 unspecified atom stereocenters. The molecule has 0 bridgehead atoms. The number of carbonyl (C=O) groups is 1. The third-order valence-electron chi connectivity index (χ3n) is 7.33. The molecular weight excluding hydrogens is 542 g/mol. The van der Waals surface area contributed by atoms with Gasteiger partial charge < -0.3 is 43.7 Å². The Labute approximate surface area is 245 Å². The van der Waals surface area contributed by atoms with Crippen LogP contribution in [0.1, 0.15) is 44.9 Å². The molecule has 2 N–H and O–H groups in total. The first kappa shape index (κ1) is 29.2. The Bertz CT molecular complexity index is 1410. The maximum atomic E-state index is 12.9. The van der Waals surface area contributed by atoms with Crippen LogP contribution in [0, 0.1) is 0 Å². The van der Waals surface area contributed by atoms with Crippen LogP contribution in [-0.4, -0.2) is 88.3 Å². The number of carbonyl (C=O) groups excluding carboxylic acids is 1. The number of imidazole rings is 1. The van der Waals surface area contributed by atoms with Gasteiger partial charge in [-0.05, 0) is 40.0 Å². The second-order valence-corrected chi connectivity index (χ2v) is 11.3. The van der Waals surface area contributed by atoms with Crippen molar-refractivity contribution < 1.29 is 28.8 Å². The molecule has 2 aliphatic rings. The molecule has 4 heterocycles. The Morgan fingerprint density at radius 3 is 2.48 bits per heavy atom. The summed E-state index contributed by atoms with van der Waals surface area (Å²) >= 11 is 0. The Balaban J connectivity index is 1.46. The smallest absolute Gasteiger partial charge is 0.410 e. The first-order valence-corrected chi connectivity index (χ1v) is 14.0. The highest BCUT2D eigenvalue weighted by Crippen LogP contribution is 2.39. The summed E-state index contributed by atoms with van der Waals surface area (Å²) in [4.78, 5) is 30.9. The molecule has 1 amide bonds. The van der Waals surface area contributed by atoms with Crippen LogP contribution in [0.25, 0.3) is 5.69 Å². The van der Waals surface area contributed by atoms with E-state index in [2.05, 4.69) is 15.2 Å². The maximum absolute atomic E-state index is 12.9. The van der Waals surface area contributed by atoms with Crippen molar-refractivity contribution in [3.05, 3.63) is 35.9 Å². The van der Waals surface area contributed by atoms with Crippen molar-refractivity contribution in [3.63, 3.8) is 0 Å². The predicted octanol–water partition coefficient (Wildman–Crippen LogP) is 3.69. The molecular formula is C29H39N7O6. The summed E-state index contributed by atoms with van der Waals surface area (Å²) in [5.74, 6) is 3.21. The lowest BCUT2D eigenvalue weighted by atomic mass is 10.0. The van der Waals surface area contributed by atoms with Gasteiger partial charge in [0, 0.05) is 30.8 Å². The minimum absolute atomic E-state index is 0.0139. The molecule has 5 rings (SSSR count). The van der Waals surface area contributed by atoms with Crippen molar-refractivity contribution in [2.45, 2.75) is 58.2 Å². The normalized spacial score (nSPS) is 16.7. The molecule has 0 aliphatic carbocycles. The SMILES string of the molecule is COc1cc(-n2cnc(Nc3nc4c(c(N5CCC[C@H]5CO)n3)CCN(C(=O)OC(C)(C)C)C4)c2)cc(OC)c1OC. The number of hydrogen-bond donors (Lipinski definition) is 2. The second kappa shape index (κ2) is 11.9. The van der Waals surface area contributed by atoms with E-state index in [4.69, 9.17) is 28.9 Å². The van der Waals surface area contributed by atoms with Crippen molar-refractivity contribution >= 4 is 23.7 Å². The minimum Gasteiger partial charge on any atom is -0.493 e. The van der Waals surface area contributed by atoms with Gasteiger partial charge in [0.1, 0.15) is 17.7 Å². The molecule has 1 aromatic carbocycles. The standard InChI is InChI=1S/C29H39N7O6/c1-29(2,3)42-28(38)34-11-9-20-21(14-34)31-27(33-26(20)36-10-7-8-18(36)16-37)32-24-15-35(17-30-24)19-12-22(39-4)25(41-6)23(13-19)40-5/h12-13,15,17-18,37H,7-11,14,16H2,1-6H3,(H,31,32,33)/t18-/m0/s1. The summed E-state index contributed by atoms with van der Waals surface area (Å²) < 4.78 is 23.9. The summed E-state index contributed by atoms with van der Waals surface area (Å²) in [7, 11) is 4.70. The number of aliphatic hydroxyl groups is 1. The fourth-order valence-corrected chi connectivity index (χ4v) is 5.35. The molecule has 226 valence electrons.